The molecule has 0 radical (unpaired) electrons. The predicted molar refractivity (Wildman–Crippen MR) is 78.2 cm³/mol. The van der Waals surface area contributed by atoms with Crippen molar-refractivity contribution in [3.05, 3.63) is 27.0 Å². The molecule has 10 heteroatoms. The fourth-order valence-electron chi connectivity index (χ4n) is 1.85. The SMILES string of the molecule is CCCCC(NS(=O)(=O)c1cn(C)c(=O)n(C)c1=O)C(=O)O. The van der Waals surface area contributed by atoms with Crippen molar-refractivity contribution in [2.75, 3.05) is 0 Å². The lowest BCUT2D eigenvalue weighted by molar-refractivity contribution is -0.139. The smallest absolute Gasteiger partial charge is 0.330 e. The van der Waals surface area contributed by atoms with Crippen LogP contribution in [0.1, 0.15) is 26.2 Å². The molecule has 1 heterocycles. The van der Waals surface area contributed by atoms with Crippen LogP contribution in [0.25, 0.3) is 0 Å². The highest BCUT2D eigenvalue weighted by molar-refractivity contribution is 7.89. The molecule has 0 aromatic carbocycles. The molecule has 1 unspecified atom stereocenters. The molecule has 0 aliphatic heterocycles. The fourth-order valence-corrected chi connectivity index (χ4v) is 3.24. The van der Waals surface area contributed by atoms with Gasteiger partial charge in [-0.1, -0.05) is 19.8 Å². The number of nitrogens with zero attached hydrogens (tertiary/aromatic N) is 2. The Hall–Kier alpha value is -1.94. The monoisotopic (exact) mass is 333 g/mol. The molecule has 0 fully saturated rings. The third-order valence-corrected chi connectivity index (χ3v) is 4.60. The van der Waals surface area contributed by atoms with E-state index in [1.54, 1.807) is 0 Å². The van der Waals surface area contributed by atoms with Crippen LogP contribution in [-0.2, 0) is 28.9 Å². The summed E-state index contributed by atoms with van der Waals surface area (Å²) in [5.41, 5.74) is -1.68. The minimum Gasteiger partial charge on any atom is -0.480 e. The van der Waals surface area contributed by atoms with Crippen LogP contribution in [0.3, 0.4) is 0 Å². The molecular formula is C12H19N3O6S. The number of carboxylic acids is 1. The molecule has 0 amide bonds. The van der Waals surface area contributed by atoms with Gasteiger partial charge in [-0.15, -0.1) is 0 Å². The second-order valence-electron chi connectivity index (χ2n) is 4.91. The Morgan fingerprint density at radius 2 is 1.95 bits per heavy atom. The number of carbonyl (C=O) groups is 1. The number of rotatable bonds is 7. The first kappa shape index (κ1) is 18.1. The Labute approximate surface area is 127 Å². The summed E-state index contributed by atoms with van der Waals surface area (Å²) in [6.45, 7) is 1.84. The number of carboxylic acid groups (broad SMARTS) is 1. The maximum absolute atomic E-state index is 12.2. The normalized spacial score (nSPS) is 13.0. The van der Waals surface area contributed by atoms with Crippen molar-refractivity contribution in [1.29, 1.82) is 0 Å². The van der Waals surface area contributed by atoms with Gasteiger partial charge in [0, 0.05) is 20.3 Å². The second kappa shape index (κ2) is 6.88. The van der Waals surface area contributed by atoms with Crippen LogP contribution >= 0.6 is 0 Å². The molecule has 0 aliphatic rings. The van der Waals surface area contributed by atoms with E-state index in [0.29, 0.717) is 17.4 Å². The third-order valence-electron chi connectivity index (χ3n) is 3.15. The Bertz CT molecular complexity index is 777. The summed E-state index contributed by atoms with van der Waals surface area (Å²) in [7, 11) is -1.90. The highest BCUT2D eigenvalue weighted by atomic mass is 32.2. The average molecular weight is 333 g/mol. The zero-order valence-electron chi connectivity index (χ0n) is 12.6. The molecule has 1 rings (SSSR count). The number of unbranched alkanes of at least 4 members (excludes halogenated alkanes) is 1. The van der Waals surface area contributed by atoms with Crippen molar-refractivity contribution in [2.45, 2.75) is 37.1 Å². The maximum Gasteiger partial charge on any atom is 0.330 e. The summed E-state index contributed by atoms with van der Waals surface area (Å²) in [4.78, 5) is 33.9. The summed E-state index contributed by atoms with van der Waals surface area (Å²) >= 11 is 0. The first-order chi connectivity index (χ1) is 10.1. The molecular weight excluding hydrogens is 314 g/mol. The standard InChI is InChI=1S/C12H19N3O6S/c1-4-5-6-8(11(17)18)13-22(20,21)9-7-14(2)12(19)15(3)10(9)16/h7-8,13H,4-6H2,1-3H3,(H,17,18). The van der Waals surface area contributed by atoms with Gasteiger partial charge in [0.15, 0.2) is 4.90 Å². The van der Waals surface area contributed by atoms with E-state index in [2.05, 4.69) is 0 Å². The van der Waals surface area contributed by atoms with E-state index in [4.69, 9.17) is 5.11 Å². The Morgan fingerprint density at radius 3 is 2.45 bits per heavy atom. The average Bonchev–Trinajstić information content (AvgIpc) is 2.44. The van der Waals surface area contributed by atoms with Gasteiger partial charge in [-0.3, -0.25) is 14.2 Å². The Morgan fingerprint density at radius 1 is 1.36 bits per heavy atom. The third kappa shape index (κ3) is 3.83. The Kier molecular flexibility index (Phi) is 5.66. The van der Waals surface area contributed by atoms with Crippen LogP contribution in [0.2, 0.25) is 0 Å². The van der Waals surface area contributed by atoms with Gasteiger partial charge in [-0.05, 0) is 6.42 Å². The molecule has 2 N–H and O–H groups in total. The molecule has 1 aromatic heterocycles. The van der Waals surface area contributed by atoms with Gasteiger partial charge in [-0.2, -0.15) is 4.72 Å². The first-order valence-corrected chi connectivity index (χ1v) is 8.12. The van der Waals surface area contributed by atoms with Gasteiger partial charge in [0.05, 0.1) is 0 Å². The van der Waals surface area contributed by atoms with E-state index in [9.17, 15) is 22.8 Å². The summed E-state index contributed by atoms with van der Waals surface area (Å²) in [6.07, 6.45) is 2.21. The van der Waals surface area contributed by atoms with E-state index in [-0.39, 0.29) is 6.42 Å². The van der Waals surface area contributed by atoms with Crippen molar-refractivity contribution in [1.82, 2.24) is 13.9 Å². The number of hydrogen-bond donors (Lipinski definition) is 2. The van der Waals surface area contributed by atoms with Crippen molar-refractivity contribution in [3.8, 4) is 0 Å². The van der Waals surface area contributed by atoms with Gasteiger partial charge in [-0.25, -0.2) is 13.2 Å². The van der Waals surface area contributed by atoms with Crippen LogP contribution in [-0.4, -0.2) is 34.7 Å². The van der Waals surface area contributed by atoms with Gasteiger partial charge in [0.2, 0.25) is 10.0 Å². The minimum absolute atomic E-state index is 0.108. The van der Waals surface area contributed by atoms with Gasteiger partial charge >= 0.3 is 11.7 Å². The molecule has 1 atom stereocenters. The summed E-state index contributed by atoms with van der Waals surface area (Å²) < 4.78 is 28.1. The molecule has 0 aliphatic carbocycles. The zero-order valence-corrected chi connectivity index (χ0v) is 13.4. The largest absolute Gasteiger partial charge is 0.480 e. The van der Waals surface area contributed by atoms with Crippen LogP contribution in [0.5, 0.6) is 0 Å². The van der Waals surface area contributed by atoms with Gasteiger partial charge < -0.3 is 9.67 Å². The number of aliphatic carboxylic acids is 1. The molecule has 22 heavy (non-hydrogen) atoms. The molecule has 9 nitrogen and oxygen atoms in total. The number of hydrogen-bond acceptors (Lipinski definition) is 5. The van der Waals surface area contributed by atoms with Crippen LogP contribution in [0, 0.1) is 0 Å². The van der Waals surface area contributed by atoms with Crippen molar-refractivity contribution >= 4 is 16.0 Å². The van der Waals surface area contributed by atoms with E-state index in [0.717, 1.165) is 17.8 Å². The maximum atomic E-state index is 12.2. The van der Waals surface area contributed by atoms with E-state index < -0.39 is 38.2 Å². The lowest BCUT2D eigenvalue weighted by Gasteiger charge is -2.15. The number of nitrogens with one attached hydrogen (secondary N) is 1. The summed E-state index contributed by atoms with van der Waals surface area (Å²) in [5, 5.41) is 9.07. The molecule has 124 valence electrons. The van der Waals surface area contributed by atoms with E-state index in [1.165, 1.54) is 7.05 Å². The molecule has 0 bridgehead atoms. The quantitative estimate of drug-likeness (QED) is 0.659. The molecule has 0 spiro atoms. The highest BCUT2D eigenvalue weighted by Crippen LogP contribution is 2.07. The number of aryl methyl sites for hydroxylation is 1. The van der Waals surface area contributed by atoms with Crippen LogP contribution in [0.4, 0.5) is 0 Å². The van der Waals surface area contributed by atoms with E-state index in [1.807, 2.05) is 11.6 Å². The lowest BCUT2D eigenvalue weighted by atomic mass is 10.1. The predicted octanol–water partition coefficient (Wildman–Crippen LogP) is -0.994. The van der Waals surface area contributed by atoms with Gasteiger partial charge in [0.25, 0.3) is 5.56 Å². The second-order valence-corrected chi connectivity index (χ2v) is 6.59. The molecule has 0 saturated carbocycles. The minimum atomic E-state index is -4.35. The lowest BCUT2D eigenvalue weighted by Crippen LogP contribution is -2.45. The van der Waals surface area contributed by atoms with E-state index >= 15 is 0 Å². The van der Waals surface area contributed by atoms with Crippen molar-refractivity contribution in [2.24, 2.45) is 14.1 Å². The number of aromatic nitrogens is 2. The fraction of sp³-hybridized carbons (Fsp3) is 0.583. The zero-order chi connectivity index (χ0) is 17.1. The van der Waals surface area contributed by atoms with Crippen LogP contribution in [0.15, 0.2) is 20.7 Å². The van der Waals surface area contributed by atoms with Gasteiger partial charge in [0.1, 0.15) is 6.04 Å². The van der Waals surface area contributed by atoms with Crippen molar-refractivity contribution in [3.63, 3.8) is 0 Å². The Balaban J connectivity index is 3.28. The summed E-state index contributed by atoms with van der Waals surface area (Å²) in [6, 6.07) is -1.33. The highest BCUT2D eigenvalue weighted by Gasteiger charge is 2.28. The molecule has 1 aromatic rings. The first-order valence-electron chi connectivity index (χ1n) is 6.63. The number of sulfonamides is 1. The topological polar surface area (TPSA) is 127 Å². The van der Waals surface area contributed by atoms with Crippen LogP contribution < -0.4 is 16.0 Å². The van der Waals surface area contributed by atoms with Crippen molar-refractivity contribution < 1.29 is 18.3 Å². The molecule has 0 saturated heterocycles. The summed E-state index contributed by atoms with van der Waals surface area (Å²) in [5.74, 6) is -1.32.